The molecule has 3 heteroatoms. The van der Waals surface area contributed by atoms with Crippen LogP contribution in [0.4, 0.5) is 5.69 Å². The highest BCUT2D eigenvalue weighted by Crippen LogP contribution is 2.28. The molecule has 0 aliphatic heterocycles. The Labute approximate surface area is 116 Å². The largest absolute Gasteiger partial charge is 0.495 e. The van der Waals surface area contributed by atoms with Gasteiger partial charge >= 0.3 is 0 Å². The molecule has 1 rings (SSSR count). The third kappa shape index (κ3) is 4.41. The lowest BCUT2D eigenvalue weighted by atomic mass is 9.97. The Kier molecular flexibility index (Phi) is 6.34. The minimum absolute atomic E-state index is 0.504. The summed E-state index contributed by atoms with van der Waals surface area (Å²) in [4.78, 5) is 0. The van der Waals surface area contributed by atoms with Crippen molar-refractivity contribution in [2.75, 3.05) is 12.4 Å². The summed E-state index contributed by atoms with van der Waals surface area (Å²) in [5, 5.41) is 4.20. The molecule has 0 amide bonds. The fraction of sp³-hybridized carbons (Fsp3) is 0.600. The van der Waals surface area contributed by atoms with Gasteiger partial charge in [0.05, 0.1) is 12.1 Å². The number of ether oxygens (including phenoxy) is 1. The molecule has 0 radical (unpaired) electrons. The van der Waals surface area contributed by atoms with Gasteiger partial charge in [-0.2, -0.15) is 0 Å². The van der Waals surface area contributed by atoms with Crippen molar-refractivity contribution >= 4 is 17.3 Å². The standard InChI is InChI=1S/C15H24ClNO/c1-5-11(3)9-12(6-2)17-13-7-8-15(18-4)14(16)10-13/h7-8,10-12,17H,5-6,9H2,1-4H3. The van der Waals surface area contributed by atoms with Gasteiger partial charge < -0.3 is 10.1 Å². The average Bonchev–Trinajstić information content (AvgIpc) is 2.38. The molecule has 2 unspecified atom stereocenters. The van der Waals surface area contributed by atoms with Crippen LogP contribution in [0.3, 0.4) is 0 Å². The van der Waals surface area contributed by atoms with Gasteiger partial charge in [-0.1, -0.05) is 38.8 Å². The lowest BCUT2D eigenvalue weighted by Crippen LogP contribution is -2.21. The third-order valence-electron chi connectivity index (χ3n) is 3.40. The SMILES string of the molecule is CCC(C)CC(CC)Nc1ccc(OC)c(Cl)c1. The van der Waals surface area contributed by atoms with E-state index in [-0.39, 0.29) is 0 Å². The Morgan fingerprint density at radius 1 is 1.28 bits per heavy atom. The summed E-state index contributed by atoms with van der Waals surface area (Å²) in [5.41, 5.74) is 1.07. The maximum absolute atomic E-state index is 6.12. The second-order valence-electron chi connectivity index (χ2n) is 4.85. The van der Waals surface area contributed by atoms with E-state index in [1.807, 2.05) is 18.2 Å². The molecule has 1 N–H and O–H groups in total. The van der Waals surface area contributed by atoms with E-state index in [1.165, 1.54) is 12.8 Å². The summed E-state index contributed by atoms with van der Waals surface area (Å²) in [6.07, 6.45) is 3.53. The van der Waals surface area contributed by atoms with Crippen LogP contribution in [0.25, 0.3) is 0 Å². The van der Waals surface area contributed by atoms with Crippen LogP contribution in [0, 0.1) is 5.92 Å². The van der Waals surface area contributed by atoms with Crippen molar-refractivity contribution < 1.29 is 4.74 Å². The van der Waals surface area contributed by atoms with E-state index < -0.39 is 0 Å². The number of nitrogens with one attached hydrogen (secondary N) is 1. The molecule has 0 saturated heterocycles. The average molecular weight is 270 g/mol. The summed E-state index contributed by atoms with van der Waals surface area (Å²) in [5.74, 6) is 1.47. The summed E-state index contributed by atoms with van der Waals surface area (Å²) < 4.78 is 5.15. The highest BCUT2D eigenvalue weighted by Gasteiger charge is 2.11. The maximum Gasteiger partial charge on any atom is 0.137 e. The monoisotopic (exact) mass is 269 g/mol. The van der Waals surface area contributed by atoms with Gasteiger partial charge in [0.1, 0.15) is 5.75 Å². The molecular weight excluding hydrogens is 246 g/mol. The van der Waals surface area contributed by atoms with Crippen molar-refractivity contribution in [2.45, 2.75) is 46.1 Å². The molecule has 2 atom stereocenters. The summed E-state index contributed by atoms with van der Waals surface area (Å²) in [6.45, 7) is 6.75. The molecule has 1 aromatic rings. The highest BCUT2D eigenvalue weighted by atomic mass is 35.5. The highest BCUT2D eigenvalue weighted by molar-refractivity contribution is 6.32. The molecule has 0 spiro atoms. The zero-order valence-electron chi connectivity index (χ0n) is 11.8. The molecular formula is C15H24ClNO. The van der Waals surface area contributed by atoms with Crippen LogP contribution in [0.2, 0.25) is 5.02 Å². The van der Waals surface area contributed by atoms with Gasteiger partial charge in [0.2, 0.25) is 0 Å². The van der Waals surface area contributed by atoms with E-state index >= 15 is 0 Å². The maximum atomic E-state index is 6.12. The van der Waals surface area contributed by atoms with Crippen LogP contribution in [0.5, 0.6) is 5.75 Å². The van der Waals surface area contributed by atoms with E-state index in [9.17, 15) is 0 Å². The first kappa shape index (κ1) is 15.2. The Balaban J connectivity index is 2.67. The number of hydrogen-bond acceptors (Lipinski definition) is 2. The van der Waals surface area contributed by atoms with Crippen LogP contribution < -0.4 is 10.1 Å². The number of rotatable bonds is 7. The Bertz CT molecular complexity index is 368. The fourth-order valence-corrected chi connectivity index (χ4v) is 2.23. The van der Waals surface area contributed by atoms with Crippen molar-refractivity contribution in [3.8, 4) is 5.75 Å². The fourth-order valence-electron chi connectivity index (χ4n) is 1.97. The van der Waals surface area contributed by atoms with Gasteiger partial charge in [-0.05, 0) is 37.0 Å². The molecule has 0 heterocycles. The van der Waals surface area contributed by atoms with Gasteiger partial charge in [0.25, 0.3) is 0 Å². The quantitative estimate of drug-likeness (QED) is 0.754. The molecule has 0 saturated carbocycles. The summed E-state index contributed by atoms with van der Waals surface area (Å²) >= 11 is 6.12. The molecule has 102 valence electrons. The predicted molar refractivity (Wildman–Crippen MR) is 79.8 cm³/mol. The second-order valence-corrected chi connectivity index (χ2v) is 5.26. The molecule has 0 bridgehead atoms. The molecule has 0 aliphatic carbocycles. The number of anilines is 1. The van der Waals surface area contributed by atoms with Crippen molar-refractivity contribution in [1.82, 2.24) is 0 Å². The lowest BCUT2D eigenvalue weighted by Gasteiger charge is -2.21. The molecule has 1 aromatic carbocycles. The first-order valence-electron chi connectivity index (χ1n) is 6.70. The molecule has 2 nitrogen and oxygen atoms in total. The van der Waals surface area contributed by atoms with Crippen LogP contribution in [-0.2, 0) is 0 Å². The van der Waals surface area contributed by atoms with Gasteiger partial charge in [0.15, 0.2) is 0 Å². The van der Waals surface area contributed by atoms with Crippen molar-refractivity contribution in [3.63, 3.8) is 0 Å². The second kappa shape index (κ2) is 7.52. The van der Waals surface area contributed by atoms with Crippen molar-refractivity contribution in [1.29, 1.82) is 0 Å². The van der Waals surface area contributed by atoms with E-state index in [0.717, 1.165) is 23.8 Å². The van der Waals surface area contributed by atoms with Crippen molar-refractivity contribution in [2.24, 2.45) is 5.92 Å². The number of halogens is 1. The molecule has 0 fully saturated rings. The first-order valence-corrected chi connectivity index (χ1v) is 7.08. The Hall–Kier alpha value is -0.890. The molecule has 18 heavy (non-hydrogen) atoms. The van der Waals surface area contributed by atoms with Gasteiger partial charge in [-0.15, -0.1) is 0 Å². The van der Waals surface area contributed by atoms with E-state index in [2.05, 4.69) is 26.1 Å². The predicted octanol–water partition coefficient (Wildman–Crippen LogP) is 4.98. The van der Waals surface area contributed by atoms with Gasteiger partial charge in [0, 0.05) is 11.7 Å². The smallest absolute Gasteiger partial charge is 0.137 e. The van der Waals surface area contributed by atoms with Gasteiger partial charge in [-0.25, -0.2) is 0 Å². The molecule has 0 aliphatic rings. The zero-order valence-corrected chi connectivity index (χ0v) is 12.6. The Morgan fingerprint density at radius 3 is 2.50 bits per heavy atom. The topological polar surface area (TPSA) is 21.3 Å². The van der Waals surface area contributed by atoms with E-state index in [0.29, 0.717) is 11.1 Å². The van der Waals surface area contributed by atoms with Crippen LogP contribution in [0.15, 0.2) is 18.2 Å². The molecule has 0 aromatic heterocycles. The minimum Gasteiger partial charge on any atom is -0.495 e. The lowest BCUT2D eigenvalue weighted by molar-refractivity contribution is 0.415. The normalized spacial score (nSPS) is 14.1. The van der Waals surface area contributed by atoms with Crippen LogP contribution >= 0.6 is 11.6 Å². The Morgan fingerprint density at radius 2 is 2.00 bits per heavy atom. The summed E-state index contributed by atoms with van der Waals surface area (Å²) in [6, 6.07) is 6.36. The van der Waals surface area contributed by atoms with Crippen LogP contribution in [-0.4, -0.2) is 13.2 Å². The zero-order chi connectivity index (χ0) is 13.5. The minimum atomic E-state index is 0.504. The first-order chi connectivity index (χ1) is 8.60. The summed E-state index contributed by atoms with van der Waals surface area (Å²) in [7, 11) is 1.63. The van der Waals surface area contributed by atoms with E-state index in [1.54, 1.807) is 7.11 Å². The van der Waals surface area contributed by atoms with Crippen molar-refractivity contribution in [3.05, 3.63) is 23.2 Å². The third-order valence-corrected chi connectivity index (χ3v) is 3.69. The number of hydrogen-bond donors (Lipinski definition) is 1. The number of benzene rings is 1. The van der Waals surface area contributed by atoms with E-state index in [4.69, 9.17) is 16.3 Å². The van der Waals surface area contributed by atoms with Gasteiger partial charge in [-0.3, -0.25) is 0 Å². The number of methoxy groups -OCH3 is 1. The van der Waals surface area contributed by atoms with Crippen LogP contribution in [0.1, 0.15) is 40.0 Å².